The molecular formula is C9H19NO2S. The van der Waals surface area contributed by atoms with Crippen molar-refractivity contribution in [1.29, 1.82) is 0 Å². The standard InChI is InChI=1S/C9H19NO2S/c1-2-3-4-7-10-8-5-6-9-13(10,11)12/h2-9H2,1H3. The predicted octanol–water partition coefficient (Wildman–Crippen LogP) is 1.60. The van der Waals surface area contributed by atoms with Gasteiger partial charge in [-0.25, -0.2) is 12.7 Å². The van der Waals surface area contributed by atoms with Gasteiger partial charge in [0, 0.05) is 13.1 Å². The second kappa shape index (κ2) is 4.96. The molecule has 1 aliphatic rings. The first-order valence-corrected chi connectivity index (χ1v) is 6.75. The van der Waals surface area contributed by atoms with E-state index in [1.165, 1.54) is 0 Å². The third-order valence-corrected chi connectivity index (χ3v) is 4.42. The van der Waals surface area contributed by atoms with Gasteiger partial charge in [0.1, 0.15) is 0 Å². The summed E-state index contributed by atoms with van der Waals surface area (Å²) < 4.78 is 24.7. The van der Waals surface area contributed by atoms with Crippen LogP contribution in [-0.4, -0.2) is 31.6 Å². The second-order valence-electron chi connectivity index (χ2n) is 3.63. The first-order valence-electron chi connectivity index (χ1n) is 5.14. The van der Waals surface area contributed by atoms with E-state index in [9.17, 15) is 8.42 Å². The molecule has 1 saturated heterocycles. The number of unbranched alkanes of at least 4 members (excludes halogenated alkanes) is 2. The molecule has 0 amide bonds. The Labute approximate surface area is 81.2 Å². The molecule has 0 aromatic rings. The van der Waals surface area contributed by atoms with Crippen LogP contribution >= 0.6 is 0 Å². The van der Waals surface area contributed by atoms with Gasteiger partial charge in [0.15, 0.2) is 0 Å². The molecule has 0 atom stereocenters. The number of sulfonamides is 1. The fourth-order valence-electron chi connectivity index (χ4n) is 1.63. The fourth-order valence-corrected chi connectivity index (χ4v) is 3.27. The van der Waals surface area contributed by atoms with Crippen molar-refractivity contribution in [3.8, 4) is 0 Å². The van der Waals surface area contributed by atoms with Gasteiger partial charge in [0.05, 0.1) is 5.75 Å². The van der Waals surface area contributed by atoms with Crippen molar-refractivity contribution in [2.45, 2.75) is 39.0 Å². The van der Waals surface area contributed by atoms with E-state index in [4.69, 9.17) is 0 Å². The minimum Gasteiger partial charge on any atom is -0.212 e. The van der Waals surface area contributed by atoms with Crippen LogP contribution in [0.2, 0.25) is 0 Å². The lowest BCUT2D eigenvalue weighted by atomic mass is 10.2. The Hall–Kier alpha value is -0.0900. The SMILES string of the molecule is CCCCCN1CCCCS1(=O)=O. The molecule has 78 valence electrons. The maximum atomic E-state index is 11.5. The summed E-state index contributed by atoms with van der Waals surface area (Å²) in [6.45, 7) is 3.60. The maximum Gasteiger partial charge on any atom is 0.214 e. The Morgan fingerprint density at radius 2 is 2.00 bits per heavy atom. The largest absolute Gasteiger partial charge is 0.214 e. The first kappa shape index (κ1) is 11.0. The highest BCUT2D eigenvalue weighted by Gasteiger charge is 2.24. The van der Waals surface area contributed by atoms with Crippen LogP contribution in [-0.2, 0) is 10.0 Å². The van der Waals surface area contributed by atoms with Gasteiger partial charge in [-0.15, -0.1) is 0 Å². The lowest BCUT2D eigenvalue weighted by Gasteiger charge is -2.25. The van der Waals surface area contributed by atoms with Crippen LogP contribution in [0.5, 0.6) is 0 Å². The molecular weight excluding hydrogens is 186 g/mol. The van der Waals surface area contributed by atoms with E-state index in [0.29, 0.717) is 5.75 Å². The van der Waals surface area contributed by atoms with Gasteiger partial charge in [0.25, 0.3) is 0 Å². The highest BCUT2D eigenvalue weighted by molar-refractivity contribution is 7.89. The van der Waals surface area contributed by atoms with Crippen molar-refractivity contribution >= 4 is 10.0 Å². The highest BCUT2D eigenvalue weighted by Crippen LogP contribution is 2.14. The normalized spacial score (nSPS) is 23.2. The quantitative estimate of drug-likeness (QED) is 0.654. The summed E-state index contributed by atoms with van der Waals surface area (Å²) in [5, 5.41) is 0. The zero-order valence-electron chi connectivity index (χ0n) is 8.33. The molecule has 3 nitrogen and oxygen atoms in total. The van der Waals surface area contributed by atoms with E-state index < -0.39 is 10.0 Å². The summed E-state index contributed by atoms with van der Waals surface area (Å²) >= 11 is 0. The molecule has 4 heteroatoms. The van der Waals surface area contributed by atoms with Crippen molar-refractivity contribution in [2.24, 2.45) is 0 Å². The molecule has 0 aromatic carbocycles. The van der Waals surface area contributed by atoms with E-state index in [1.807, 2.05) is 0 Å². The van der Waals surface area contributed by atoms with Gasteiger partial charge in [-0.1, -0.05) is 19.8 Å². The summed E-state index contributed by atoms with van der Waals surface area (Å²) in [6.07, 6.45) is 5.16. The Morgan fingerprint density at radius 3 is 2.62 bits per heavy atom. The van der Waals surface area contributed by atoms with E-state index in [-0.39, 0.29) is 0 Å². The van der Waals surface area contributed by atoms with E-state index in [2.05, 4.69) is 6.92 Å². The number of hydrogen-bond acceptors (Lipinski definition) is 2. The van der Waals surface area contributed by atoms with Crippen molar-refractivity contribution < 1.29 is 8.42 Å². The summed E-state index contributed by atoms with van der Waals surface area (Å²) in [5.41, 5.74) is 0. The molecule has 0 radical (unpaired) electrons. The van der Waals surface area contributed by atoms with Crippen molar-refractivity contribution in [3.05, 3.63) is 0 Å². The average Bonchev–Trinajstić information content (AvgIpc) is 2.08. The second-order valence-corrected chi connectivity index (χ2v) is 5.72. The van der Waals surface area contributed by atoms with Crippen LogP contribution in [0.4, 0.5) is 0 Å². The Balaban J connectivity index is 2.38. The molecule has 0 spiro atoms. The van der Waals surface area contributed by atoms with Gasteiger partial charge >= 0.3 is 0 Å². The number of rotatable bonds is 4. The molecule has 0 bridgehead atoms. The molecule has 0 aliphatic carbocycles. The van der Waals surface area contributed by atoms with Crippen LogP contribution in [0.1, 0.15) is 39.0 Å². The molecule has 0 unspecified atom stereocenters. The topological polar surface area (TPSA) is 37.4 Å². The molecule has 1 rings (SSSR count). The summed E-state index contributed by atoms with van der Waals surface area (Å²) in [4.78, 5) is 0. The van der Waals surface area contributed by atoms with Crippen molar-refractivity contribution in [3.63, 3.8) is 0 Å². The molecule has 0 saturated carbocycles. The summed E-state index contributed by atoms with van der Waals surface area (Å²) in [5.74, 6) is 0.360. The van der Waals surface area contributed by atoms with Gasteiger partial charge in [-0.3, -0.25) is 0 Å². The van der Waals surface area contributed by atoms with Crippen LogP contribution in [0.3, 0.4) is 0 Å². The van der Waals surface area contributed by atoms with Crippen LogP contribution in [0.25, 0.3) is 0 Å². The monoisotopic (exact) mass is 205 g/mol. The van der Waals surface area contributed by atoms with Gasteiger partial charge < -0.3 is 0 Å². The lowest BCUT2D eigenvalue weighted by Crippen LogP contribution is -2.38. The Morgan fingerprint density at radius 1 is 1.23 bits per heavy atom. The van der Waals surface area contributed by atoms with Gasteiger partial charge in [-0.2, -0.15) is 0 Å². The third-order valence-electron chi connectivity index (χ3n) is 2.46. The fraction of sp³-hybridized carbons (Fsp3) is 1.00. The molecule has 1 aliphatic heterocycles. The van der Waals surface area contributed by atoms with Crippen LogP contribution < -0.4 is 0 Å². The van der Waals surface area contributed by atoms with Crippen LogP contribution in [0, 0.1) is 0 Å². The van der Waals surface area contributed by atoms with Crippen molar-refractivity contribution in [2.75, 3.05) is 18.8 Å². The predicted molar refractivity (Wildman–Crippen MR) is 54.1 cm³/mol. The third kappa shape index (κ3) is 3.27. The molecule has 1 fully saturated rings. The van der Waals surface area contributed by atoms with E-state index in [1.54, 1.807) is 4.31 Å². The Kier molecular flexibility index (Phi) is 4.19. The summed E-state index contributed by atoms with van der Waals surface area (Å²) in [7, 11) is -2.87. The van der Waals surface area contributed by atoms with Gasteiger partial charge in [-0.05, 0) is 19.3 Å². The minimum absolute atomic E-state index is 0.360. The zero-order valence-corrected chi connectivity index (χ0v) is 9.15. The number of hydrogen-bond donors (Lipinski definition) is 0. The van der Waals surface area contributed by atoms with Crippen molar-refractivity contribution in [1.82, 2.24) is 4.31 Å². The molecule has 0 N–H and O–H groups in total. The summed E-state index contributed by atoms with van der Waals surface area (Å²) in [6, 6.07) is 0. The molecule has 1 heterocycles. The maximum absolute atomic E-state index is 11.5. The molecule has 13 heavy (non-hydrogen) atoms. The van der Waals surface area contributed by atoms with Crippen LogP contribution in [0.15, 0.2) is 0 Å². The lowest BCUT2D eigenvalue weighted by molar-refractivity contribution is 0.374. The van der Waals surface area contributed by atoms with Gasteiger partial charge in [0.2, 0.25) is 10.0 Å². The first-order chi connectivity index (χ1) is 6.17. The van der Waals surface area contributed by atoms with E-state index >= 15 is 0 Å². The highest BCUT2D eigenvalue weighted by atomic mass is 32.2. The zero-order chi connectivity index (χ0) is 9.73. The van der Waals surface area contributed by atoms with E-state index in [0.717, 1.165) is 45.2 Å². The molecule has 0 aromatic heterocycles. The average molecular weight is 205 g/mol. The number of nitrogens with zero attached hydrogens (tertiary/aromatic N) is 1. The Bertz CT molecular complexity index is 236. The minimum atomic E-state index is -2.87. The smallest absolute Gasteiger partial charge is 0.212 e.